The van der Waals surface area contributed by atoms with Gasteiger partial charge in [0, 0.05) is 5.69 Å². The lowest BCUT2D eigenvalue weighted by atomic mass is 10.1. The van der Waals surface area contributed by atoms with Crippen LogP contribution in [0.1, 0.15) is 33.3 Å². The van der Waals surface area contributed by atoms with E-state index in [4.69, 9.17) is 9.47 Å². The van der Waals surface area contributed by atoms with Crippen LogP contribution in [0.2, 0.25) is 0 Å². The lowest BCUT2D eigenvalue weighted by molar-refractivity contribution is -0.122. The molecule has 0 fully saturated rings. The Morgan fingerprint density at radius 3 is 2.11 bits per heavy atom. The maximum absolute atomic E-state index is 12.8. The molecule has 0 aliphatic heterocycles. The van der Waals surface area contributed by atoms with E-state index in [1.807, 2.05) is 48.5 Å². The third-order valence-electron chi connectivity index (χ3n) is 3.82. The van der Waals surface area contributed by atoms with Gasteiger partial charge in [-0.15, -0.1) is 0 Å². The predicted molar refractivity (Wildman–Crippen MR) is 109 cm³/mol. The van der Waals surface area contributed by atoms with Gasteiger partial charge in [-0.3, -0.25) is 4.79 Å². The first-order chi connectivity index (χ1) is 13.2. The number of hydrogen-bond acceptors (Lipinski definition) is 4. The zero-order valence-corrected chi connectivity index (χ0v) is 16.8. The third-order valence-corrected chi connectivity index (χ3v) is 3.82. The van der Waals surface area contributed by atoms with E-state index in [-0.39, 0.29) is 5.91 Å². The van der Waals surface area contributed by atoms with Gasteiger partial charge in [-0.1, -0.05) is 48.5 Å². The van der Waals surface area contributed by atoms with Crippen molar-refractivity contribution in [3.8, 4) is 0 Å². The van der Waals surface area contributed by atoms with Crippen molar-refractivity contribution in [3.63, 3.8) is 0 Å². The Morgan fingerprint density at radius 1 is 0.964 bits per heavy atom. The van der Waals surface area contributed by atoms with Gasteiger partial charge in [0.2, 0.25) is 5.91 Å². The molecule has 0 aliphatic rings. The van der Waals surface area contributed by atoms with Crippen LogP contribution in [-0.4, -0.2) is 29.7 Å². The molecule has 28 heavy (non-hydrogen) atoms. The van der Waals surface area contributed by atoms with Gasteiger partial charge in [0.15, 0.2) is 0 Å². The minimum atomic E-state index is -0.918. The number of rotatable bonds is 7. The van der Waals surface area contributed by atoms with Crippen LogP contribution in [0, 0.1) is 0 Å². The molecule has 2 unspecified atom stereocenters. The molecule has 0 bridgehead atoms. The third kappa shape index (κ3) is 7.40. The zero-order valence-electron chi connectivity index (χ0n) is 16.8. The van der Waals surface area contributed by atoms with Crippen molar-refractivity contribution in [3.05, 3.63) is 66.2 Å². The van der Waals surface area contributed by atoms with Crippen molar-refractivity contribution in [2.24, 2.45) is 0 Å². The van der Waals surface area contributed by atoms with Crippen molar-refractivity contribution < 1.29 is 19.1 Å². The number of ether oxygens (including phenoxy) is 2. The number of hydrogen-bond donors (Lipinski definition) is 2. The quantitative estimate of drug-likeness (QED) is 0.753. The Labute approximate surface area is 166 Å². The van der Waals surface area contributed by atoms with E-state index in [2.05, 4.69) is 10.6 Å². The van der Waals surface area contributed by atoms with Crippen molar-refractivity contribution in [2.45, 2.75) is 52.0 Å². The number of nitrogens with one attached hydrogen (secondary N) is 2. The van der Waals surface area contributed by atoms with Crippen LogP contribution in [0.5, 0.6) is 0 Å². The fourth-order valence-electron chi connectivity index (χ4n) is 2.47. The van der Waals surface area contributed by atoms with Gasteiger partial charge in [0.1, 0.15) is 11.6 Å². The smallest absolute Gasteiger partial charge is 0.408 e. The molecule has 2 rings (SSSR count). The molecule has 0 aliphatic carbocycles. The van der Waals surface area contributed by atoms with Crippen LogP contribution in [0.15, 0.2) is 60.7 Å². The SMILES string of the molecule is CC(OCc1ccccc1)C(NC(=O)OC(C)(C)C)C(=O)Nc1ccccc1. The van der Waals surface area contributed by atoms with Gasteiger partial charge < -0.3 is 20.1 Å². The Morgan fingerprint density at radius 2 is 1.54 bits per heavy atom. The molecule has 0 saturated heterocycles. The van der Waals surface area contributed by atoms with E-state index in [1.165, 1.54) is 0 Å². The number of carbonyl (C=O) groups is 2. The molecule has 2 N–H and O–H groups in total. The molecule has 2 atom stereocenters. The second kappa shape index (κ2) is 9.90. The summed E-state index contributed by atoms with van der Waals surface area (Å²) in [5, 5.41) is 5.43. The summed E-state index contributed by atoms with van der Waals surface area (Å²) in [7, 11) is 0. The Hall–Kier alpha value is -2.86. The number of amides is 2. The summed E-state index contributed by atoms with van der Waals surface area (Å²) in [5.74, 6) is -0.377. The fraction of sp³-hybridized carbons (Fsp3) is 0.364. The van der Waals surface area contributed by atoms with Crippen LogP contribution in [0.25, 0.3) is 0 Å². The number of anilines is 1. The van der Waals surface area contributed by atoms with Crippen molar-refractivity contribution in [2.75, 3.05) is 5.32 Å². The van der Waals surface area contributed by atoms with Gasteiger partial charge in [-0.05, 0) is 45.4 Å². The zero-order chi connectivity index (χ0) is 20.6. The molecule has 0 saturated carbocycles. The Bertz CT molecular complexity index is 757. The average Bonchev–Trinajstić information content (AvgIpc) is 2.64. The lowest BCUT2D eigenvalue weighted by Crippen LogP contribution is -2.52. The Kier molecular flexibility index (Phi) is 7.58. The summed E-state index contributed by atoms with van der Waals surface area (Å²) in [6.45, 7) is 7.37. The molecule has 6 heteroatoms. The molecule has 2 amide bonds. The van der Waals surface area contributed by atoms with Gasteiger partial charge >= 0.3 is 6.09 Å². The molecular formula is C22H28N2O4. The minimum Gasteiger partial charge on any atom is -0.444 e. The van der Waals surface area contributed by atoms with Crippen LogP contribution in [0.3, 0.4) is 0 Å². The highest BCUT2D eigenvalue weighted by Gasteiger charge is 2.30. The highest BCUT2D eigenvalue weighted by atomic mass is 16.6. The van der Waals surface area contributed by atoms with Crippen LogP contribution >= 0.6 is 0 Å². The fourth-order valence-corrected chi connectivity index (χ4v) is 2.47. The number of alkyl carbamates (subject to hydrolysis) is 1. The van der Waals surface area contributed by atoms with Gasteiger partial charge in [-0.25, -0.2) is 4.79 Å². The minimum absolute atomic E-state index is 0.327. The molecule has 0 spiro atoms. The summed E-state index contributed by atoms with van der Waals surface area (Å²) in [6.07, 6.45) is -1.24. The number of carbonyl (C=O) groups excluding carboxylic acids is 2. The van der Waals surface area contributed by atoms with E-state index in [1.54, 1.807) is 39.8 Å². The average molecular weight is 384 g/mol. The van der Waals surface area contributed by atoms with E-state index in [0.29, 0.717) is 12.3 Å². The highest BCUT2D eigenvalue weighted by molar-refractivity contribution is 5.97. The first-order valence-electron chi connectivity index (χ1n) is 9.25. The first kappa shape index (κ1) is 21.4. The van der Waals surface area contributed by atoms with Crippen molar-refractivity contribution >= 4 is 17.7 Å². The molecule has 0 aromatic heterocycles. The van der Waals surface area contributed by atoms with Gasteiger partial charge in [0.05, 0.1) is 12.7 Å². The second-order valence-corrected chi connectivity index (χ2v) is 7.48. The Balaban J connectivity index is 2.07. The van der Waals surface area contributed by atoms with E-state index < -0.39 is 23.8 Å². The van der Waals surface area contributed by atoms with Crippen molar-refractivity contribution in [1.29, 1.82) is 0 Å². The maximum Gasteiger partial charge on any atom is 0.408 e. The standard InChI is InChI=1S/C22H28N2O4/c1-16(27-15-17-11-7-5-8-12-17)19(24-21(26)28-22(2,3)4)20(25)23-18-13-9-6-10-14-18/h5-14,16,19H,15H2,1-4H3,(H,23,25)(H,24,26). The van der Waals surface area contributed by atoms with Gasteiger partial charge in [-0.2, -0.15) is 0 Å². The topological polar surface area (TPSA) is 76.7 Å². The highest BCUT2D eigenvalue weighted by Crippen LogP contribution is 2.12. The molecule has 6 nitrogen and oxygen atoms in total. The molecule has 150 valence electrons. The van der Waals surface area contributed by atoms with Crippen molar-refractivity contribution in [1.82, 2.24) is 5.32 Å². The van der Waals surface area contributed by atoms with Crippen LogP contribution < -0.4 is 10.6 Å². The molecule has 0 heterocycles. The van der Waals surface area contributed by atoms with Crippen LogP contribution in [-0.2, 0) is 20.9 Å². The normalized spacial score (nSPS) is 13.3. The lowest BCUT2D eigenvalue weighted by Gasteiger charge is -2.27. The first-order valence-corrected chi connectivity index (χ1v) is 9.25. The molecule has 2 aromatic carbocycles. The molecule has 0 radical (unpaired) electrons. The number of benzene rings is 2. The van der Waals surface area contributed by atoms with E-state index in [0.717, 1.165) is 5.56 Å². The summed E-state index contributed by atoms with van der Waals surface area (Å²) < 4.78 is 11.1. The monoisotopic (exact) mass is 384 g/mol. The molecule has 2 aromatic rings. The van der Waals surface area contributed by atoms with Gasteiger partial charge in [0.25, 0.3) is 0 Å². The summed E-state index contributed by atoms with van der Waals surface area (Å²) in [5.41, 5.74) is 0.950. The number of para-hydroxylation sites is 1. The second-order valence-electron chi connectivity index (χ2n) is 7.48. The van der Waals surface area contributed by atoms with E-state index in [9.17, 15) is 9.59 Å². The predicted octanol–water partition coefficient (Wildman–Crippen LogP) is 4.12. The van der Waals surface area contributed by atoms with E-state index >= 15 is 0 Å². The van der Waals surface area contributed by atoms with Crippen LogP contribution in [0.4, 0.5) is 10.5 Å². The summed E-state index contributed by atoms with van der Waals surface area (Å²) in [6, 6.07) is 17.8. The largest absolute Gasteiger partial charge is 0.444 e. The maximum atomic E-state index is 12.8. The summed E-state index contributed by atoms with van der Waals surface area (Å²) in [4.78, 5) is 25.0. The molecular weight excluding hydrogens is 356 g/mol. The summed E-state index contributed by atoms with van der Waals surface area (Å²) >= 11 is 0.